The molecule has 1 aliphatic heterocycles. The number of piperidine rings is 1. The Kier molecular flexibility index (Phi) is 5.44. The maximum absolute atomic E-state index is 11.2. The first-order chi connectivity index (χ1) is 10.1. The molecule has 1 aliphatic rings. The number of anilines is 2. The van der Waals surface area contributed by atoms with Gasteiger partial charge in [-0.25, -0.2) is 0 Å². The minimum Gasteiger partial charge on any atom is -0.397 e. The van der Waals surface area contributed by atoms with Crippen molar-refractivity contribution in [1.29, 1.82) is 0 Å². The van der Waals surface area contributed by atoms with Crippen molar-refractivity contribution >= 4 is 17.3 Å². The minimum atomic E-state index is -0.430. The lowest BCUT2D eigenvalue weighted by molar-refractivity contribution is 0.100. The zero-order valence-electron chi connectivity index (χ0n) is 12.8. The van der Waals surface area contributed by atoms with Crippen LogP contribution in [0.25, 0.3) is 0 Å². The van der Waals surface area contributed by atoms with Crippen LogP contribution >= 0.6 is 0 Å². The van der Waals surface area contributed by atoms with Crippen molar-refractivity contribution in [1.82, 2.24) is 4.90 Å². The number of hydrogen-bond donors (Lipinski definition) is 3. The summed E-state index contributed by atoms with van der Waals surface area (Å²) in [6.07, 6.45) is 5.03. The molecule has 0 aliphatic carbocycles. The molecule has 0 radical (unpaired) electrons. The molecular weight excluding hydrogens is 264 g/mol. The third kappa shape index (κ3) is 4.36. The first kappa shape index (κ1) is 15.6. The Balaban J connectivity index is 1.80. The van der Waals surface area contributed by atoms with E-state index < -0.39 is 5.91 Å². The van der Waals surface area contributed by atoms with Gasteiger partial charge in [-0.3, -0.25) is 4.79 Å². The van der Waals surface area contributed by atoms with E-state index in [2.05, 4.69) is 17.1 Å². The molecule has 1 saturated heterocycles. The van der Waals surface area contributed by atoms with E-state index in [1.54, 1.807) is 18.2 Å². The van der Waals surface area contributed by atoms with Gasteiger partial charge in [0.25, 0.3) is 0 Å². The SMILES string of the molecule is CC1CCCCN1CCCNc1cc(C(N)=O)ccc1N. The number of amides is 1. The molecule has 1 unspecified atom stereocenters. The van der Waals surface area contributed by atoms with Crippen LogP contribution in [-0.2, 0) is 0 Å². The fraction of sp³-hybridized carbons (Fsp3) is 0.562. The second-order valence-corrected chi connectivity index (χ2v) is 5.83. The van der Waals surface area contributed by atoms with Gasteiger partial charge in [0.1, 0.15) is 0 Å². The number of nitrogens with zero attached hydrogens (tertiary/aromatic N) is 1. The summed E-state index contributed by atoms with van der Waals surface area (Å²) >= 11 is 0. The van der Waals surface area contributed by atoms with Crippen molar-refractivity contribution < 1.29 is 4.79 Å². The zero-order chi connectivity index (χ0) is 15.2. The molecule has 0 aromatic heterocycles. The van der Waals surface area contributed by atoms with E-state index in [0.717, 1.165) is 25.2 Å². The highest BCUT2D eigenvalue weighted by atomic mass is 16.1. The fourth-order valence-corrected chi connectivity index (χ4v) is 2.86. The Morgan fingerprint density at radius 1 is 1.43 bits per heavy atom. The Morgan fingerprint density at radius 3 is 2.95 bits per heavy atom. The molecule has 1 fully saturated rings. The highest BCUT2D eigenvalue weighted by Gasteiger charge is 2.17. The topological polar surface area (TPSA) is 84.4 Å². The van der Waals surface area contributed by atoms with Crippen LogP contribution < -0.4 is 16.8 Å². The highest BCUT2D eigenvalue weighted by Crippen LogP contribution is 2.20. The summed E-state index contributed by atoms with van der Waals surface area (Å²) in [4.78, 5) is 13.7. The summed E-state index contributed by atoms with van der Waals surface area (Å²) in [7, 11) is 0. The van der Waals surface area contributed by atoms with Crippen molar-refractivity contribution in [3.8, 4) is 0 Å². The third-order valence-corrected chi connectivity index (χ3v) is 4.22. The quantitative estimate of drug-likeness (QED) is 0.553. The normalized spacial score (nSPS) is 19.4. The van der Waals surface area contributed by atoms with E-state index in [9.17, 15) is 4.79 Å². The van der Waals surface area contributed by atoms with Gasteiger partial charge in [-0.05, 0) is 50.9 Å². The van der Waals surface area contributed by atoms with Crippen molar-refractivity contribution in [2.24, 2.45) is 5.73 Å². The van der Waals surface area contributed by atoms with Crippen molar-refractivity contribution in [3.05, 3.63) is 23.8 Å². The van der Waals surface area contributed by atoms with Gasteiger partial charge in [0, 0.05) is 24.7 Å². The number of nitrogens with one attached hydrogen (secondary N) is 1. The van der Waals surface area contributed by atoms with Gasteiger partial charge >= 0.3 is 0 Å². The highest BCUT2D eigenvalue weighted by molar-refractivity contribution is 5.94. The number of hydrogen-bond acceptors (Lipinski definition) is 4. The molecule has 1 atom stereocenters. The predicted molar refractivity (Wildman–Crippen MR) is 87.4 cm³/mol. The van der Waals surface area contributed by atoms with Crippen molar-refractivity contribution in [3.63, 3.8) is 0 Å². The number of nitrogen functional groups attached to an aromatic ring is 1. The lowest BCUT2D eigenvalue weighted by Crippen LogP contribution is -2.38. The lowest BCUT2D eigenvalue weighted by Gasteiger charge is -2.33. The molecule has 5 heteroatoms. The lowest BCUT2D eigenvalue weighted by atomic mass is 10.0. The molecule has 1 aromatic carbocycles. The molecule has 0 spiro atoms. The minimum absolute atomic E-state index is 0.430. The van der Waals surface area contributed by atoms with E-state index in [0.29, 0.717) is 17.3 Å². The van der Waals surface area contributed by atoms with Crippen LogP contribution in [0, 0.1) is 0 Å². The molecule has 5 N–H and O–H groups in total. The fourth-order valence-electron chi connectivity index (χ4n) is 2.86. The Hall–Kier alpha value is -1.75. The number of primary amides is 1. The van der Waals surface area contributed by atoms with Crippen LogP contribution in [-0.4, -0.2) is 36.5 Å². The Morgan fingerprint density at radius 2 is 2.24 bits per heavy atom. The molecular formula is C16H26N4O. The van der Waals surface area contributed by atoms with Crippen LogP contribution in [0.5, 0.6) is 0 Å². The molecule has 5 nitrogen and oxygen atoms in total. The Bertz CT molecular complexity index is 489. The number of likely N-dealkylation sites (tertiary alicyclic amines) is 1. The molecule has 1 amide bonds. The first-order valence-electron chi connectivity index (χ1n) is 7.75. The van der Waals surface area contributed by atoms with Crippen LogP contribution in [0.1, 0.15) is 43.0 Å². The summed E-state index contributed by atoms with van der Waals surface area (Å²) in [6, 6.07) is 5.79. The average Bonchev–Trinajstić information content (AvgIpc) is 2.46. The van der Waals surface area contributed by atoms with Gasteiger partial charge in [0.2, 0.25) is 5.91 Å². The molecule has 2 rings (SSSR count). The summed E-state index contributed by atoms with van der Waals surface area (Å²) in [5.41, 5.74) is 13.1. The monoisotopic (exact) mass is 290 g/mol. The molecule has 0 bridgehead atoms. The largest absolute Gasteiger partial charge is 0.397 e. The maximum atomic E-state index is 11.2. The number of carbonyl (C=O) groups excluding carboxylic acids is 1. The number of carbonyl (C=O) groups is 1. The van der Waals surface area contributed by atoms with Crippen LogP contribution in [0.4, 0.5) is 11.4 Å². The molecule has 21 heavy (non-hydrogen) atoms. The van der Waals surface area contributed by atoms with Gasteiger partial charge in [-0.15, -0.1) is 0 Å². The van der Waals surface area contributed by atoms with E-state index in [4.69, 9.17) is 11.5 Å². The molecule has 116 valence electrons. The van der Waals surface area contributed by atoms with Gasteiger partial charge in [-0.2, -0.15) is 0 Å². The predicted octanol–water partition coefficient (Wildman–Crippen LogP) is 2.04. The standard InChI is InChI=1S/C16H26N4O/c1-12-5-2-3-9-20(12)10-4-8-19-15-11-13(16(18)21)6-7-14(15)17/h6-7,11-12,19H,2-5,8-10,17H2,1H3,(H2,18,21). The summed E-state index contributed by atoms with van der Waals surface area (Å²) in [5.74, 6) is -0.430. The summed E-state index contributed by atoms with van der Waals surface area (Å²) in [6.45, 7) is 5.46. The Labute approximate surface area is 126 Å². The number of benzene rings is 1. The number of rotatable bonds is 6. The smallest absolute Gasteiger partial charge is 0.248 e. The zero-order valence-corrected chi connectivity index (χ0v) is 12.8. The van der Waals surface area contributed by atoms with Crippen LogP contribution in [0.2, 0.25) is 0 Å². The first-order valence-corrected chi connectivity index (χ1v) is 7.75. The average molecular weight is 290 g/mol. The van der Waals surface area contributed by atoms with Crippen LogP contribution in [0.3, 0.4) is 0 Å². The maximum Gasteiger partial charge on any atom is 0.248 e. The second-order valence-electron chi connectivity index (χ2n) is 5.83. The van der Waals surface area contributed by atoms with Gasteiger partial charge < -0.3 is 21.7 Å². The van der Waals surface area contributed by atoms with E-state index in [-0.39, 0.29) is 0 Å². The second kappa shape index (κ2) is 7.31. The van der Waals surface area contributed by atoms with Crippen molar-refractivity contribution in [2.75, 3.05) is 30.7 Å². The van der Waals surface area contributed by atoms with Crippen LogP contribution in [0.15, 0.2) is 18.2 Å². The van der Waals surface area contributed by atoms with E-state index in [1.165, 1.54) is 25.8 Å². The van der Waals surface area contributed by atoms with Gasteiger partial charge in [0.15, 0.2) is 0 Å². The van der Waals surface area contributed by atoms with E-state index in [1.807, 2.05) is 0 Å². The van der Waals surface area contributed by atoms with Crippen molar-refractivity contribution in [2.45, 2.75) is 38.6 Å². The van der Waals surface area contributed by atoms with E-state index >= 15 is 0 Å². The molecule has 1 aromatic rings. The summed E-state index contributed by atoms with van der Waals surface area (Å²) in [5, 5.41) is 3.30. The molecule has 0 saturated carbocycles. The van der Waals surface area contributed by atoms with Gasteiger partial charge in [-0.1, -0.05) is 6.42 Å². The van der Waals surface area contributed by atoms with Gasteiger partial charge in [0.05, 0.1) is 11.4 Å². The summed E-state index contributed by atoms with van der Waals surface area (Å²) < 4.78 is 0. The number of nitrogens with two attached hydrogens (primary N) is 2. The third-order valence-electron chi connectivity index (χ3n) is 4.22. The molecule has 1 heterocycles.